The van der Waals surface area contributed by atoms with Crippen LogP contribution in [0.2, 0.25) is 0 Å². The Labute approximate surface area is 71.3 Å². The van der Waals surface area contributed by atoms with Crippen LogP contribution in [-0.2, 0) is 0 Å². The van der Waals surface area contributed by atoms with E-state index in [-0.39, 0.29) is 0 Å². The minimum absolute atomic E-state index is 0.786. The first kappa shape index (κ1) is 6.99. The fourth-order valence-corrected chi connectivity index (χ4v) is 1.73. The molecule has 1 heterocycles. The van der Waals surface area contributed by atoms with Crippen LogP contribution >= 0.6 is 11.8 Å². The van der Waals surface area contributed by atoms with Crippen molar-refractivity contribution >= 4 is 17.8 Å². The Kier molecular flexibility index (Phi) is 1.74. The highest BCUT2D eigenvalue weighted by molar-refractivity contribution is 8.06. The van der Waals surface area contributed by atoms with Gasteiger partial charge in [-0.05, 0) is 11.1 Å². The van der Waals surface area contributed by atoms with Gasteiger partial charge in [0.25, 0.3) is 0 Å². The Balaban J connectivity index is 2.25. The van der Waals surface area contributed by atoms with Crippen molar-refractivity contribution < 1.29 is 0 Å². The van der Waals surface area contributed by atoms with Crippen LogP contribution < -0.4 is 0 Å². The van der Waals surface area contributed by atoms with Crippen molar-refractivity contribution in [1.29, 1.82) is 0 Å². The lowest BCUT2D eigenvalue weighted by molar-refractivity contribution is 1.23. The number of thioether (sulfide) groups is 1. The molecule has 1 unspecified atom stereocenters. The average Bonchev–Trinajstić information content (AvgIpc) is 2.87. The van der Waals surface area contributed by atoms with Gasteiger partial charge in [0, 0.05) is 11.0 Å². The van der Waals surface area contributed by atoms with Gasteiger partial charge in [-0.15, -0.1) is 0 Å². The normalized spacial score (nSPS) is 21.3. The summed E-state index contributed by atoms with van der Waals surface area (Å²) >= 11 is 2.01. The molecule has 1 atom stereocenters. The van der Waals surface area contributed by atoms with E-state index >= 15 is 0 Å². The van der Waals surface area contributed by atoms with Crippen molar-refractivity contribution in [3.63, 3.8) is 0 Å². The zero-order valence-electron chi connectivity index (χ0n) is 6.29. The summed E-state index contributed by atoms with van der Waals surface area (Å²) in [5.74, 6) is 1.30. The van der Waals surface area contributed by atoms with Gasteiger partial charge < -0.3 is 0 Å². The molecule has 0 nitrogen and oxygen atoms in total. The molecule has 0 saturated carbocycles. The highest BCUT2D eigenvalue weighted by Gasteiger charge is 2.23. The molecule has 0 aromatic heterocycles. The van der Waals surface area contributed by atoms with Gasteiger partial charge in [-0.2, -0.15) is 11.8 Å². The summed E-state index contributed by atoms with van der Waals surface area (Å²) in [5.41, 5.74) is 2.67. The average molecular weight is 162 g/mol. The van der Waals surface area contributed by atoms with Crippen molar-refractivity contribution in [1.82, 2.24) is 0 Å². The van der Waals surface area contributed by atoms with E-state index in [1.807, 2.05) is 17.8 Å². The highest BCUT2D eigenvalue weighted by atomic mass is 32.2. The lowest BCUT2D eigenvalue weighted by Gasteiger charge is -1.96. The predicted molar refractivity (Wildman–Crippen MR) is 51.7 cm³/mol. The maximum Gasteiger partial charge on any atom is 0.0388 e. The Hall–Kier alpha value is -0.690. The topological polar surface area (TPSA) is 0 Å². The summed E-state index contributed by atoms with van der Waals surface area (Å²) in [5, 5.41) is 0.786. The van der Waals surface area contributed by atoms with Gasteiger partial charge >= 0.3 is 0 Å². The van der Waals surface area contributed by atoms with Gasteiger partial charge in [-0.1, -0.05) is 36.9 Å². The van der Waals surface area contributed by atoms with E-state index in [1.165, 1.54) is 16.9 Å². The van der Waals surface area contributed by atoms with Crippen molar-refractivity contribution in [3.05, 3.63) is 42.0 Å². The molecule has 1 heteroatoms. The molecule has 11 heavy (non-hydrogen) atoms. The van der Waals surface area contributed by atoms with E-state index in [2.05, 4.69) is 30.8 Å². The minimum atomic E-state index is 0.786. The fraction of sp³-hybridized carbons (Fsp3) is 0.200. The predicted octanol–water partition coefficient (Wildman–Crippen LogP) is 3.12. The molecule has 1 aromatic rings. The van der Waals surface area contributed by atoms with E-state index in [1.54, 1.807) is 0 Å². The zero-order chi connectivity index (χ0) is 7.68. The first-order valence-electron chi connectivity index (χ1n) is 3.74. The van der Waals surface area contributed by atoms with Gasteiger partial charge in [0.1, 0.15) is 0 Å². The smallest absolute Gasteiger partial charge is 0.0388 e. The highest BCUT2D eigenvalue weighted by Crippen LogP contribution is 2.45. The molecule has 0 N–H and O–H groups in total. The molecule has 0 bridgehead atoms. The lowest BCUT2D eigenvalue weighted by Crippen LogP contribution is -1.78. The first-order valence-corrected chi connectivity index (χ1v) is 4.79. The molecule has 0 aliphatic carbocycles. The van der Waals surface area contributed by atoms with Crippen LogP contribution in [0.25, 0.3) is 6.08 Å². The van der Waals surface area contributed by atoms with Crippen molar-refractivity contribution in [2.45, 2.75) is 5.25 Å². The molecule has 56 valence electrons. The molecular formula is C10H10S. The molecule has 1 aromatic carbocycles. The van der Waals surface area contributed by atoms with Crippen LogP contribution in [0, 0.1) is 0 Å². The third kappa shape index (κ3) is 1.48. The van der Waals surface area contributed by atoms with Crippen molar-refractivity contribution in [2.24, 2.45) is 0 Å². The van der Waals surface area contributed by atoms with E-state index < -0.39 is 0 Å². The molecule has 0 radical (unpaired) electrons. The van der Waals surface area contributed by atoms with Gasteiger partial charge in [0.15, 0.2) is 0 Å². The van der Waals surface area contributed by atoms with Crippen LogP contribution in [0.15, 0.2) is 30.8 Å². The standard InChI is InChI=1S/C10H10S/c1-2-8-3-5-9(6-4-8)10-7-11-10/h2-6,10H,1,7H2. The van der Waals surface area contributed by atoms with E-state index in [4.69, 9.17) is 0 Å². The molecule has 1 aliphatic heterocycles. The quantitative estimate of drug-likeness (QED) is 0.602. The van der Waals surface area contributed by atoms with E-state index in [9.17, 15) is 0 Å². The lowest BCUT2D eigenvalue weighted by atomic mass is 10.1. The van der Waals surface area contributed by atoms with Crippen LogP contribution in [0.1, 0.15) is 16.4 Å². The summed E-state index contributed by atoms with van der Waals surface area (Å²) in [6.07, 6.45) is 1.88. The Morgan fingerprint density at radius 3 is 2.45 bits per heavy atom. The first-order chi connectivity index (χ1) is 5.40. The maximum atomic E-state index is 3.72. The second-order valence-corrected chi connectivity index (χ2v) is 3.93. The number of hydrogen-bond acceptors (Lipinski definition) is 1. The third-order valence-electron chi connectivity index (χ3n) is 1.88. The molecule has 1 fully saturated rings. The van der Waals surface area contributed by atoms with Crippen LogP contribution in [0.3, 0.4) is 0 Å². The number of hydrogen-bond donors (Lipinski definition) is 0. The summed E-state index contributed by atoms with van der Waals surface area (Å²) in [6.45, 7) is 3.72. The van der Waals surface area contributed by atoms with Gasteiger partial charge in [0.05, 0.1) is 0 Å². The van der Waals surface area contributed by atoms with Crippen molar-refractivity contribution in [3.8, 4) is 0 Å². The fourth-order valence-electron chi connectivity index (χ4n) is 1.09. The summed E-state index contributed by atoms with van der Waals surface area (Å²) < 4.78 is 0. The molecule has 0 amide bonds. The zero-order valence-corrected chi connectivity index (χ0v) is 7.10. The Bertz CT molecular complexity index is 257. The monoisotopic (exact) mass is 162 g/mol. The van der Waals surface area contributed by atoms with Gasteiger partial charge in [-0.3, -0.25) is 0 Å². The number of rotatable bonds is 2. The van der Waals surface area contributed by atoms with E-state index in [0.29, 0.717) is 0 Å². The summed E-state index contributed by atoms with van der Waals surface area (Å²) in [4.78, 5) is 0. The van der Waals surface area contributed by atoms with Gasteiger partial charge in [0.2, 0.25) is 0 Å². The van der Waals surface area contributed by atoms with Crippen molar-refractivity contribution in [2.75, 3.05) is 5.75 Å². The third-order valence-corrected chi connectivity index (χ3v) is 2.82. The second kappa shape index (κ2) is 2.74. The second-order valence-electron chi connectivity index (χ2n) is 2.69. The molecule has 1 aliphatic rings. The molecule has 1 saturated heterocycles. The summed E-state index contributed by atoms with van der Waals surface area (Å²) in [7, 11) is 0. The maximum absolute atomic E-state index is 3.72. The SMILES string of the molecule is C=Cc1ccc(C2CS2)cc1. The van der Waals surface area contributed by atoms with Crippen LogP contribution in [0.4, 0.5) is 0 Å². The van der Waals surface area contributed by atoms with E-state index in [0.717, 1.165) is 5.25 Å². The molecule has 2 rings (SSSR count). The largest absolute Gasteiger partial charge is 0.151 e. The van der Waals surface area contributed by atoms with Gasteiger partial charge in [-0.25, -0.2) is 0 Å². The Morgan fingerprint density at radius 1 is 1.36 bits per heavy atom. The minimum Gasteiger partial charge on any atom is -0.151 e. The molecular weight excluding hydrogens is 152 g/mol. The molecule has 0 spiro atoms. The van der Waals surface area contributed by atoms with Crippen LogP contribution in [0.5, 0.6) is 0 Å². The van der Waals surface area contributed by atoms with Crippen LogP contribution in [-0.4, -0.2) is 5.75 Å². The number of benzene rings is 1. The Morgan fingerprint density at radius 2 is 2.00 bits per heavy atom. The summed E-state index contributed by atoms with van der Waals surface area (Å²) in [6, 6.07) is 8.64.